The highest BCUT2D eigenvalue weighted by Gasteiger charge is 2.26. The molecular weight excluding hydrogens is 403 g/mol. The van der Waals surface area contributed by atoms with E-state index in [1.54, 1.807) is 17.8 Å². The average molecular weight is 419 g/mol. The summed E-state index contributed by atoms with van der Waals surface area (Å²) in [6.07, 6.45) is 2.06. The Morgan fingerprint density at radius 2 is 2.04 bits per heavy atom. The van der Waals surface area contributed by atoms with Crippen molar-refractivity contribution in [2.24, 2.45) is 7.05 Å². The van der Waals surface area contributed by atoms with Crippen LogP contribution in [-0.2, 0) is 7.05 Å². The van der Waals surface area contributed by atoms with Crippen LogP contribution in [0.1, 0.15) is 17.4 Å². The largest absolute Gasteiger partial charge is 0.271 e. The lowest BCUT2D eigenvalue weighted by Crippen LogP contribution is -2.12. The average Bonchev–Trinajstić information content (AvgIpc) is 3.27. The molecule has 1 N–H and O–H groups in total. The van der Waals surface area contributed by atoms with Crippen molar-refractivity contribution in [2.75, 3.05) is 12.0 Å². The second kappa shape index (κ2) is 7.50. The molecule has 2 heterocycles. The molecule has 2 aromatic heterocycles. The summed E-state index contributed by atoms with van der Waals surface area (Å²) in [6, 6.07) is 11.6. The molecule has 0 aliphatic carbocycles. The number of aromatic nitrogens is 6. The predicted molar refractivity (Wildman–Crippen MR) is 111 cm³/mol. The quantitative estimate of drug-likeness (QED) is 0.514. The van der Waals surface area contributed by atoms with E-state index in [4.69, 9.17) is 28.3 Å². The molecule has 0 bridgehead atoms. The summed E-state index contributed by atoms with van der Waals surface area (Å²) in [5.41, 5.74) is 3.80. The van der Waals surface area contributed by atoms with Gasteiger partial charge in [0.2, 0.25) is 0 Å². The molecule has 2 aromatic carbocycles. The van der Waals surface area contributed by atoms with Gasteiger partial charge in [-0.15, -0.1) is 10.2 Å². The maximum absolute atomic E-state index is 6.45. The zero-order chi connectivity index (χ0) is 19.0. The second-order valence-electron chi connectivity index (χ2n) is 6.11. The van der Waals surface area contributed by atoms with Crippen molar-refractivity contribution in [1.82, 2.24) is 30.4 Å². The van der Waals surface area contributed by atoms with Crippen molar-refractivity contribution in [1.29, 1.82) is 0 Å². The number of halogens is 2. The fourth-order valence-electron chi connectivity index (χ4n) is 3.33. The number of rotatable bonds is 5. The van der Waals surface area contributed by atoms with Gasteiger partial charge in [-0.25, -0.2) is 0 Å². The van der Waals surface area contributed by atoms with Crippen LogP contribution in [0.2, 0.25) is 10.0 Å². The molecule has 9 heteroatoms. The second-order valence-corrected chi connectivity index (χ2v) is 7.87. The molecule has 6 nitrogen and oxygen atoms in total. The molecule has 27 heavy (non-hydrogen) atoms. The van der Waals surface area contributed by atoms with Crippen molar-refractivity contribution in [3.8, 4) is 11.1 Å². The highest BCUT2D eigenvalue weighted by atomic mass is 35.5. The molecule has 0 aliphatic rings. The van der Waals surface area contributed by atoms with Gasteiger partial charge < -0.3 is 0 Å². The number of nitrogens with zero attached hydrogens (tertiary/aromatic N) is 5. The van der Waals surface area contributed by atoms with E-state index in [-0.39, 0.29) is 5.92 Å². The molecule has 138 valence electrons. The Balaban J connectivity index is 1.93. The molecule has 4 aromatic rings. The van der Waals surface area contributed by atoms with Gasteiger partial charge >= 0.3 is 0 Å². The number of hydrogen-bond donors (Lipinski definition) is 1. The maximum atomic E-state index is 6.45. The third-order valence-corrected chi connectivity index (χ3v) is 5.68. The number of thioether (sulfide) groups is 1. The summed E-state index contributed by atoms with van der Waals surface area (Å²) in [4.78, 5) is 0. The molecule has 0 aliphatic heterocycles. The normalized spacial score (nSPS) is 12.6. The first kappa shape index (κ1) is 18.3. The predicted octanol–water partition coefficient (Wildman–Crippen LogP) is 4.56. The van der Waals surface area contributed by atoms with Gasteiger partial charge in [0, 0.05) is 39.4 Å². The van der Waals surface area contributed by atoms with Crippen LogP contribution in [0, 0.1) is 0 Å². The summed E-state index contributed by atoms with van der Waals surface area (Å²) in [7, 11) is 1.94. The maximum Gasteiger partial charge on any atom is 0.184 e. The monoisotopic (exact) mass is 418 g/mol. The molecule has 0 radical (unpaired) electrons. The summed E-state index contributed by atoms with van der Waals surface area (Å²) in [5.74, 6) is 1.45. The fraction of sp³-hybridized carbons (Fsp3) is 0.222. The topological polar surface area (TPSA) is 72.3 Å². The Hall–Kier alpha value is -2.09. The smallest absolute Gasteiger partial charge is 0.184 e. The Morgan fingerprint density at radius 3 is 2.74 bits per heavy atom. The third-order valence-electron chi connectivity index (χ3n) is 4.47. The molecule has 0 saturated heterocycles. The van der Waals surface area contributed by atoms with E-state index in [2.05, 4.69) is 32.9 Å². The number of nitrogens with one attached hydrogen (secondary N) is 1. The van der Waals surface area contributed by atoms with Crippen LogP contribution in [0.25, 0.3) is 22.0 Å². The van der Waals surface area contributed by atoms with E-state index in [0.29, 0.717) is 15.9 Å². The van der Waals surface area contributed by atoms with Crippen LogP contribution in [-0.4, -0.2) is 42.4 Å². The zero-order valence-electron chi connectivity index (χ0n) is 14.6. The highest BCUT2D eigenvalue weighted by Crippen LogP contribution is 2.38. The minimum atomic E-state index is -0.0234. The van der Waals surface area contributed by atoms with Crippen LogP contribution >= 0.6 is 35.0 Å². The van der Waals surface area contributed by atoms with E-state index in [0.717, 1.165) is 33.5 Å². The summed E-state index contributed by atoms with van der Waals surface area (Å²) in [6.45, 7) is 0. The van der Waals surface area contributed by atoms with Gasteiger partial charge in [0.1, 0.15) is 5.52 Å². The van der Waals surface area contributed by atoms with Crippen molar-refractivity contribution < 1.29 is 0 Å². The van der Waals surface area contributed by atoms with Gasteiger partial charge in [0.05, 0.1) is 11.6 Å². The summed E-state index contributed by atoms with van der Waals surface area (Å²) >= 11 is 14.2. The Kier molecular flexibility index (Phi) is 5.08. The van der Waals surface area contributed by atoms with Crippen LogP contribution in [0.4, 0.5) is 0 Å². The van der Waals surface area contributed by atoms with E-state index < -0.39 is 0 Å². The highest BCUT2D eigenvalue weighted by molar-refractivity contribution is 7.98. The van der Waals surface area contributed by atoms with Crippen LogP contribution in [0.15, 0.2) is 36.4 Å². The Morgan fingerprint density at radius 1 is 1.19 bits per heavy atom. The van der Waals surface area contributed by atoms with Gasteiger partial charge in [-0.2, -0.15) is 22.1 Å². The van der Waals surface area contributed by atoms with E-state index in [9.17, 15) is 0 Å². The molecule has 1 unspecified atom stereocenters. The standard InChI is InChI=1S/C18H16Cl2N6S/c1-26-17(14(9-27-2)18-21-24-25-22-18)13-5-3-4-12(16(13)23-26)11-7-6-10(19)8-15(11)20/h3-8,14H,9H2,1-2H3,(H,21,22,24,25). The van der Waals surface area contributed by atoms with Gasteiger partial charge in [0.15, 0.2) is 5.82 Å². The van der Waals surface area contributed by atoms with Crippen molar-refractivity contribution in [3.05, 3.63) is 58.0 Å². The van der Waals surface area contributed by atoms with Gasteiger partial charge in [0.25, 0.3) is 0 Å². The van der Waals surface area contributed by atoms with Crippen molar-refractivity contribution >= 4 is 45.9 Å². The Labute approximate surface area is 170 Å². The number of benzene rings is 2. The number of aromatic amines is 1. The number of tetrazole rings is 1. The van der Waals surface area contributed by atoms with Crippen LogP contribution in [0.5, 0.6) is 0 Å². The molecule has 1 atom stereocenters. The van der Waals surface area contributed by atoms with Crippen molar-refractivity contribution in [3.63, 3.8) is 0 Å². The SMILES string of the molecule is CSCC(c1nn[nH]n1)c1c2cccc(-c3ccc(Cl)cc3Cl)c2nn1C. The summed E-state index contributed by atoms with van der Waals surface area (Å²) in [5, 5.41) is 21.7. The van der Waals surface area contributed by atoms with Crippen LogP contribution in [0.3, 0.4) is 0 Å². The molecule has 0 saturated carbocycles. The lowest BCUT2D eigenvalue weighted by Gasteiger charge is -2.13. The first-order chi connectivity index (χ1) is 13.1. The lowest BCUT2D eigenvalue weighted by molar-refractivity contribution is 0.678. The van der Waals surface area contributed by atoms with E-state index >= 15 is 0 Å². The third kappa shape index (κ3) is 3.31. The van der Waals surface area contributed by atoms with Crippen LogP contribution < -0.4 is 0 Å². The first-order valence-corrected chi connectivity index (χ1v) is 10.4. The van der Waals surface area contributed by atoms with Gasteiger partial charge in [-0.3, -0.25) is 4.68 Å². The fourth-order valence-corrected chi connectivity index (χ4v) is 4.48. The molecule has 0 amide bonds. The van der Waals surface area contributed by atoms with E-state index in [1.165, 1.54) is 0 Å². The summed E-state index contributed by atoms with van der Waals surface area (Å²) < 4.78 is 1.90. The molecule has 4 rings (SSSR count). The minimum absolute atomic E-state index is 0.0234. The minimum Gasteiger partial charge on any atom is -0.271 e. The number of H-pyrrole nitrogens is 1. The zero-order valence-corrected chi connectivity index (χ0v) is 17.0. The van der Waals surface area contributed by atoms with Gasteiger partial charge in [-0.1, -0.05) is 52.7 Å². The van der Waals surface area contributed by atoms with Gasteiger partial charge in [-0.05, 0) is 18.4 Å². The molecular formula is C18H16Cl2N6S. The Bertz CT molecular complexity index is 1090. The van der Waals surface area contributed by atoms with E-state index in [1.807, 2.05) is 36.0 Å². The number of aryl methyl sites for hydroxylation is 1. The number of fused-ring (bicyclic) bond motifs is 1. The first-order valence-electron chi connectivity index (χ1n) is 8.23. The number of hydrogen-bond acceptors (Lipinski definition) is 5. The molecule has 0 spiro atoms. The molecule has 0 fully saturated rings. The van der Waals surface area contributed by atoms with Crippen molar-refractivity contribution in [2.45, 2.75) is 5.92 Å². The lowest BCUT2D eigenvalue weighted by atomic mass is 9.98.